The maximum absolute atomic E-state index is 11.4. The second-order valence-corrected chi connectivity index (χ2v) is 16.6. The standard InChI is InChI=1S/2C16H12N2.C11H13NO.C8H8O.C7H8N2.2C3H6O2.C2H4O2.4C2H6.9H2/c2*1-3-7-13(8-4-1)15-11-12-17-16(18-15)14-9-5-2-6-10-14;1-12(2)9-8-11(13)10-6-4-3-5-7-10;1-7(9)8-5-3-2-4-6-8;8-7(9)6-4-2-1-3-5-6;2*1-3(4)5-2;1-2(3)4;4*1-2;;;;;;;;;/h2*1-12H;3-9H,1-2H3;2-6H,1H3;1-5H,(H3,8,9);2*1-2H3;1H3,(H,3,4);4*1-2H3;9*1H/b;;9-8+;;;;;;;;;;;;;;;;;;/i;;;;;;;;;;;;6*1+1D;3*1+1. The molecule has 0 radical (unpaired) electrons. The molecule has 490 valence electrons. The number of hydrogen-bond donors (Lipinski definition) is 3. The molecule has 2 heterocycles. The molecule has 0 atom stereocenters. The molecule has 9 rings (SSSR count). The summed E-state index contributed by atoms with van der Waals surface area (Å²) in [6, 6.07) is 71.8. The highest BCUT2D eigenvalue weighted by Crippen LogP contribution is 2.21. The van der Waals surface area contributed by atoms with Crippen molar-refractivity contribution >= 4 is 35.3 Å². The van der Waals surface area contributed by atoms with Crippen molar-refractivity contribution in [2.24, 2.45) is 5.73 Å². The van der Waals surface area contributed by atoms with Crippen LogP contribution in [0.4, 0.5) is 0 Å². The summed E-state index contributed by atoms with van der Waals surface area (Å²) in [6.45, 7) is 21.4. The molecular formula is C74H111N7O8. The third-order valence-corrected chi connectivity index (χ3v) is 9.94. The van der Waals surface area contributed by atoms with Gasteiger partial charge < -0.3 is 25.2 Å². The summed E-state index contributed by atoms with van der Waals surface area (Å²) in [4.78, 5) is 69.9. The van der Waals surface area contributed by atoms with Crippen LogP contribution in [0.1, 0.15) is 131 Å². The number of aliphatic carboxylic acids is 1. The van der Waals surface area contributed by atoms with Crippen molar-refractivity contribution in [1.29, 1.82) is 5.41 Å². The molecule has 7 aromatic carbocycles. The van der Waals surface area contributed by atoms with E-state index in [2.05, 4.69) is 53.7 Å². The fourth-order valence-electron chi connectivity index (χ4n) is 5.92. The van der Waals surface area contributed by atoms with E-state index in [0.717, 1.165) is 68.9 Å². The van der Waals surface area contributed by atoms with E-state index in [1.54, 1.807) is 31.6 Å². The molecule has 0 saturated carbocycles. The summed E-state index contributed by atoms with van der Waals surface area (Å²) in [5.74, 6) is 0.476. The number of amidine groups is 1. The second-order valence-electron chi connectivity index (χ2n) is 16.6. The molecule has 0 aliphatic heterocycles. The lowest BCUT2D eigenvalue weighted by atomic mass is 10.1. The number of ketones is 2. The Hall–Kier alpha value is -10.5. The number of ether oxygens (including phenoxy) is 2. The SMILES string of the molecule is CC.CC.CC.CC.CC(=O)O.CC(=O)c1ccccc1.CN(C)/C=C/C(=O)c1ccccc1.COC(C)=O.COC(C)=O.N=C(N)c1ccccc1.[2HH].[2HH].[2HH].[2H][2H].[2H][2H].[2H][2H].[2H][2H].[2H][2H].[2H][2H].c1ccc(-c2ccnc(-c3ccccc3)n2)cc1.c1ccc(-c2ccnc(-c3ccccc3)n2)cc1. The van der Waals surface area contributed by atoms with E-state index in [4.69, 9.17) is 38.9 Å². The van der Waals surface area contributed by atoms with E-state index in [1.807, 2.05) is 275 Å². The van der Waals surface area contributed by atoms with E-state index in [9.17, 15) is 19.2 Å². The predicted molar refractivity (Wildman–Crippen MR) is 386 cm³/mol. The summed E-state index contributed by atoms with van der Waals surface area (Å²) in [7, 11) is 6.47. The van der Waals surface area contributed by atoms with E-state index < -0.39 is 5.97 Å². The number of carbonyl (C=O) groups is 5. The van der Waals surface area contributed by atoms with Gasteiger partial charge in [0.25, 0.3) is 5.97 Å². The van der Waals surface area contributed by atoms with Crippen molar-refractivity contribution in [3.8, 4) is 45.3 Å². The smallest absolute Gasteiger partial charge is 0.302 e. The molecule has 0 spiro atoms. The maximum atomic E-state index is 11.4. The van der Waals surface area contributed by atoms with Crippen LogP contribution in [-0.4, -0.2) is 93.6 Å². The zero-order valence-corrected chi connectivity index (χ0v) is 54.8. The first kappa shape index (κ1) is 70.9. The number of aromatic nitrogens is 4. The Labute approximate surface area is 552 Å². The van der Waals surface area contributed by atoms with Crippen molar-refractivity contribution in [2.45, 2.75) is 83.1 Å². The summed E-state index contributed by atoms with van der Waals surface area (Å²) in [5.41, 5.74) is 13.7. The lowest BCUT2D eigenvalue weighted by molar-refractivity contribution is -0.138. The summed E-state index contributed by atoms with van der Waals surface area (Å²) < 4.78 is 68.2. The number of nitrogens with two attached hydrogens (primary N) is 1. The molecule has 0 bridgehead atoms. The number of Topliss-reactive ketones (excluding diaryl/α,β-unsaturated/α-hetero) is 1. The number of nitrogens with one attached hydrogen (secondary N) is 1. The van der Waals surface area contributed by atoms with Gasteiger partial charge in [0.15, 0.2) is 23.2 Å². The van der Waals surface area contributed by atoms with Gasteiger partial charge in [-0.15, -0.1) is 0 Å². The van der Waals surface area contributed by atoms with Crippen molar-refractivity contribution in [3.05, 3.63) is 266 Å². The largest absolute Gasteiger partial charge is 0.481 e. The van der Waals surface area contributed by atoms with E-state index in [-0.39, 0.29) is 33.6 Å². The molecule has 15 nitrogen and oxygen atoms in total. The minimum absolute atomic E-state index is 0. The number of carboxylic acid groups (broad SMARTS) is 1. The normalized spacial score (nSPS) is 9.30. The third kappa shape index (κ3) is 42.0. The van der Waals surface area contributed by atoms with Crippen molar-refractivity contribution in [1.82, 2.24) is 24.8 Å². The highest BCUT2D eigenvalue weighted by Gasteiger charge is 2.05. The summed E-state index contributed by atoms with van der Waals surface area (Å²) >= 11 is 0. The van der Waals surface area contributed by atoms with Crippen LogP contribution in [0.5, 0.6) is 0 Å². The van der Waals surface area contributed by atoms with Crippen LogP contribution in [0, 0.1) is 5.41 Å². The van der Waals surface area contributed by atoms with Crippen molar-refractivity contribution < 1.29 is 60.7 Å². The quantitative estimate of drug-likeness (QED) is 0.0402. The van der Waals surface area contributed by atoms with Gasteiger partial charge in [-0.3, -0.25) is 29.4 Å². The van der Waals surface area contributed by atoms with Gasteiger partial charge in [-0.2, -0.15) is 0 Å². The van der Waals surface area contributed by atoms with E-state index >= 15 is 0 Å². The lowest BCUT2D eigenvalue weighted by Crippen LogP contribution is -2.10. The van der Waals surface area contributed by atoms with Crippen LogP contribution in [-0.2, 0) is 23.9 Å². The number of carboxylic acids is 1. The van der Waals surface area contributed by atoms with Gasteiger partial charge in [-0.1, -0.05) is 268 Å². The Morgan fingerprint density at radius 1 is 0.449 bits per heavy atom. The van der Waals surface area contributed by atoms with Gasteiger partial charge >= 0.3 is 11.9 Å². The zero-order chi connectivity index (χ0) is 79.6. The Morgan fingerprint density at radius 3 is 0.921 bits per heavy atom. The van der Waals surface area contributed by atoms with Crippen LogP contribution in [0.25, 0.3) is 45.3 Å². The van der Waals surface area contributed by atoms with Crippen LogP contribution >= 0.6 is 0 Å². The predicted octanol–water partition coefficient (Wildman–Crippen LogP) is 19.2. The lowest BCUT2D eigenvalue weighted by Gasteiger charge is -2.03. The minimum Gasteiger partial charge on any atom is -0.481 e. The molecule has 0 saturated heterocycles. The van der Waals surface area contributed by atoms with Gasteiger partial charge in [0, 0.05) is 121 Å². The van der Waals surface area contributed by atoms with Gasteiger partial charge in [0.1, 0.15) is 5.84 Å². The Kier molecular flexibility index (Phi) is 44.1. The Morgan fingerprint density at radius 2 is 0.697 bits per heavy atom. The summed E-state index contributed by atoms with van der Waals surface area (Å²) in [5, 5.41) is 14.4. The molecule has 89 heavy (non-hydrogen) atoms. The second kappa shape index (κ2) is 55.3. The molecule has 0 unspecified atom stereocenters. The van der Waals surface area contributed by atoms with Gasteiger partial charge in [-0.05, 0) is 19.1 Å². The Bertz CT molecular complexity index is 3010. The topological polar surface area (TPSA) is 229 Å². The number of nitrogens with zero attached hydrogens (tertiary/aromatic N) is 5. The fourth-order valence-corrected chi connectivity index (χ4v) is 5.92. The van der Waals surface area contributed by atoms with E-state index in [0.29, 0.717) is 0 Å². The molecule has 9 aromatic rings. The number of nitrogen functional groups attached to an aromatic ring is 1. The monoisotopic (exact) mass is 1240 g/mol. The summed E-state index contributed by atoms with van der Waals surface area (Å²) in [6.07, 6.45) is 6.92. The highest BCUT2D eigenvalue weighted by molar-refractivity contribution is 6.04. The number of methoxy groups -OCH3 is 2. The maximum Gasteiger partial charge on any atom is 0.302 e. The zero-order valence-electron chi connectivity index (χ0n) is 66.8. The molecular weight excluding hydrogens is 1110 g/mol. The van der Waals surface area contributed by atoms with Gasteiger partial charge in [0.05, 0.1) is 25.6 Å². The number of rotatable bonds is 9. The molecule has 0 aliphatic rings. The minimum atomic E-state index is -0.833. The average Bonchev–Trinajstić information content (AvgIpc) is 0.848. The van der Waals surface area contributed by atoms with Crippen LogP contribution in [0.2, 0.25) is 0 Å². The number of carbonyl (C=O) groups excluding carboxylic acids is 4. The molecule has 0 aliphatic carbocycles. The van der Waals surface area contributed by atoms with Gasteiger partial charge in [0.2, 0.25) is 0 Å². The number of benzene rings is 7. The molecule has 4 N–H and O–H groups in total. The molecule has 0 fully saturated rings. The van der Waals surface area contributed by atoms with Crippen LogP contribution < -0.4 is 5.73 Å². The Balaban J connectivity index is -0.0000000926. The molecule has 2 aromatic heterocycles. The first-order valence-electron chi connectivity index (χ1n) is 35.0. The van der Waals surface area contributed by atoms with Gasteiger partial charge in [-0.25, -0.2) is 19.9 Å². The van der Waals surface area contributed by atoms with Crippen LogP contribution in [0.3, 0.4) is 0 Å². The molecule has 15 heteroatoms. The number of esters is 2. The number of hydrogen-bond acceptors (Lipinski definition) is 13. The molecule has 0 amide bonds. The van der Waals surface area contributed by atoms with Crippen molar-refractivity contribution in [3.63, 3.8) is 0 Å². The first-order valence-corrected chi connectivity index (χ1v) is 29.0. The fraction of sp³-hybridized carbons (Fsp3) is 0.216. The average molecular weight is 1240 g/mol. The van der Waals surface area contributed by atoms with Crippen molar-refractivity contribution in [2.75, 3.05) is 28.3 Å². The van der Waals surface area contributed by atoms with Crippen LogP contribution in [0.15, 0.2) is 249 Å². The van der Waals surface area contributed by atoms with E-state index in [1.165, 1.54) is 28.1 Å². The first-order chi connectivity index (χ1) is 48.9. The highest BCUT2D eigenvalue weighted by atomic mass is 16.5. The number of allylic oxidation sites excluding steroid dienone is 1. The third-order valence-electron chi connectivity index (χ3n) is 9.94.